The fraction of sp³-hybridized carbons (Fsp3) is 0.375. The SMILES string of the molecule is Cn1cc(Cn2cncc2CN)nn1. The summed E-state index contributed by atoms with van der Waals surface area (Å²) in [6.07, 6.45) is 5.38. The van der Waals surface area contributed by atoms with Crippen LogP contribution in [0.1, 0.15) is 11.4 Å². The molecule has 0 aliphatic carbocycles. The van der Waals surface area contributed by atoms with Crippen molar-refractivity contribution in [2.75, 3.05) is 0 Å². The highest BCUT2D eigenvalue weighted by molar-refractivity contribution is 5.02. The van der Waals surface area contributed by atoms with E-state index in [0.717, 1.165) is 11.4 Å². The summed E-state index contributed by atoms with van der Waals surface area (Å²) in [5.41, 5.74) is 7.45. The van der Waals surface area contributed by atoms with E-state index in [2.05, 4.69) is 15.3 Å². The highest BCUT2D eigenvalue weighted by Gasteiger charge is 2.03. The van der Waals surface area contributed by atoms with Crippen LogP contribution in [0.2, 0.25) is 0 Å². The Labute approximate surface area is 81.4 Å². The first-order valence-electron chi connectivity index (χ1n) is 4.34. The van der Waals surface area contributed by atoms with Crippen LogP contribution < -0.4 is 5.73 Å². The highest BCUT2D eigenvalue weighted by Crippen LogP contribution is 2.02. The molecule has 74 valence electrons. The molecule has 0 atom stereocenters. The van der Waals surface area contributed by atoms with Gasteiger partial charge in [-0.25, -0.2) is 4.98 Å². The topological polar surface area (TPSA) is 74.5 Å². The van der Waals surface area contributed by atoms with Gasteiger partial charge in [0, 0.05) is 26.0 Å². The second-order valence-corrected chi connectivity index (χ2v) is 3.10. The van der Waals surface area contributed by atoms with Gasteiger partial charge in [-0.1, -0.05) is 5.21 Å². The summed E-state index contributed by atoms with van der Waals surface area (Å²) in [7, 11) is 1.84. The number of aromatic nitrogens is 5. The van der Waals surface area contributed by atoms with Gasteiger partial charge in [0.2, 0.25) is 0 Å². The first-order valence-corrected chi connectivity index (χ1v) is 4.34. The Morgan fingerprint density at radius 1 is 1.50 bits per heavy atom. The Kier molecular flexibility index (Phi) is 2.28. The van der Waals surface area contributed by atoms with Crippen molar-refractivity contribution >= 4 is 0 Å². The molecule has 14 heavy (non-hydrogen) atoms. The second-order valence-electron chi connectivity index (χ2n) is 3.10. The zero-order chi connectivity index (χ0) is 9.97. The van der Waals surface area contributed by atoms with Gasteiger partial charge in [-0.15, -0.1) is 5.10 Å². The summed E-state index contributed by atoms with van der Waals surface area (Å²) in [6.45, 7) is 1.15. The molecule has 0 fully saturated rings. The summed E-state index contributed by atoms with van der Waals surface area (Å²) < 4.78 is 3.64. The van der Waals surface area contributed by atoms with E-state index in [4.69, 9.17) is 5.73 Å². The minimum Gasteiger partial charge on any atom is -0.327 e. The van der Waals surface area contributed by atoms with Crippen LogP contribution >= 0.6 is 0 Å². The van der Waals surface area contributed by atoms with Gasteiger partial charge in [-0.2, -0.15) is 0 Å². The summed E-state index contributed by atoms with van der Waals surface area (Å²) in [6, 6.07) is 0. The molecule has 0 bridgehead atoms. The zero-order valence-electron chi connectivity index (χ0n) is 7.96. The Bertz CT molecular complexity index is 415. The van der Waals surface area contributed by atoms with E-state index in [9.17, 15) is 0 Å². The van der Waals surface area contributed by atoms with Gasteiger partial charge in [0.25, 0.3) is 0 Å². The lowest BCUT2D eigenvalue weighted by molar-refractivity contribution is 0.701. The fourth-order valence-corrected chi connectivity index (χ4v) is 1.30. The third-order valence-electron chi connectivity index (χ3n) is 1.99. The van der Waals surface area contributed by atoms with E-state index >= 15 is 0 Å². The highest BCUT2D eigenvalue weighted by atomic mass is 15.4. The van der Waals surface area contributed by atoms with Crippen LogP contribution in [0.4, 0.5) is 0 Å². The zero-order valence-corrected chi connectivity index (χ0v) is 7.96. The number of aryl methyl sites for hydroxylation is 1. The lowest BCUT2D eigenvalue weighted by Crippen LogP contribution is -2.07. The van der Waals surface area contributed by atoms with E-state index in [-0.39, 0.29) is 0 Å². The number of hydrogen-bond acceptors (Lipinski definition) is 4. The van der Waals surface area contributed by atoms with Gasteiger partial charge in [0.15, 0.2) is 0 Å². The van der Waals surface area contributed by atoms with Gasteiger partial charge < -0.3 is 10.3 Å². The summed E-state index contributed by atoms with van der Waals surface area (Å²) >= 11 is 0. The lowest BCUT2D eigenvalue weighted by Gasteiger charge is -2.02. The minimum absolute atomic E-state index is 0.486. The van der Waals surface area contributed by atoms with Crippen LogP contribution in [-0.2, 0) is 20.1 Å². The largest absolute Gasteiger partial charge is 0.327 e. The van der Waals surface area contributed by atoms with Gasteiger partial charge in [-0.3, -0.25) is 4.68 Å². The average molecular weight is 192 g/mol. The monoisotopic (exact) mass is 192 g/mol. The van der Waals surface area contributed by atoms with Crippen molar-refractivity contribution in [1.82, 2.24) is 24.5 Å². The average Bonchev–Trinajstić information content (AvgIpc) is 2.76. The molecule has 0 saturated carbocycles. The van der Waals surface area contributed by atoms with Crippen molar-refractivity contribution in [3.8, 4) is 0 Å². The molecule has 0 saturated heterocycles. The van der Waals surface area contributed by atoms with Crippen LogP contribution in [0.3, 0.4) is 0 Å². The maximum atomic E-state index is 5.55. The fourth-order valence-electron chi connectivity index (χ4n) is 1.30. The number of imidazole rings is 1. The third-order valence-corrected chi connectivity index (χ3v) is 1.99. The van der Waals surface area contributed by atoms with Crippen LogP contribution in [-0.4, -0.2) is 24.5 Å². The van der Waals surface area contributed by atoms with E-state index in [1.54, 1.807) is 17.2 Å². The predicted octanol–water partition coefficient (Wildman–Crippen LogP) is -0.481. The van der Waals surface area contributed by atoms with Crippen LogP contribution in [0.15, 0.2) is 18.7 Å². The molecule has 0 spiro atoms. The molecule has 2 aromatic rings. The maximum absolute atomic E-state index is 5.55. The predicted molar refractivity (Wildman–Crippen MR) is 50.2 cm³/mol. The molecule has 6 heteroatoms. The molecule has 0 aliphatic heterocycles. The summed E-state index contributed by atoms with van der Waals surface area (Å²) in [5, 5.41) is 7.84. The van der Waals surface area contributed by atoms with Crippen LogP contribution in [0.25, 0.3) is 0 Å². The third kappa shape index (κ3) is 1.64. The van der Waals surface area contributed by atoms with Crippen molar-refractivity contribution in [3.63, 3.8) is 0 Å². The molecule has 0 unspecified atom stereocenters. The van der Waals surface area contributed by atoms with E-state index < -0.39 is 0 Å². The van der Waals surface area contributed by atoms with Crippen molar-refractivity contribution < 1.29 is 0 Å². The van der Waals surface area contributed by atoms with Gasteiger partial charge in [0.1, 0.15) is 5.69 Å². The molecule has 0 aromatic carbocycles. The molecular weight excluding hydrogens is 180 g/mol. The normalized spacial score (nSPS) is 10.7. The minimum atomic E-state index is 0.486. The molecular formula is C8H12N6. The Morgan fingerprint density at radius 3 is 3.00 bits per heavy atom. The smallest absolute Gasteiger partial charge is 0.102 e. The van der Waals surface area contributed by atoms with Gasteiger partial charge >= 0.3 is 0 Å². The number of hydrogen-bond donors (Lipinski definition) is 1. The van der Waals surface area contributed by atoms with Crippen molar-refractivity contribution in [3.05, 3.63) is 30.1 Å². The maximum Gasteiger partial charge on any atom is 0.102 e. The molecule has 2 N–H and O–H groups in total. The van der Waals surface area contributed by atoms with Crippen LogP contribution in [0, 0.1) is 0 Å². The molecule has 0 aliphatic rings. The lowest BCUT2D eigenvalue weighted by atomic mass is 10.4. The molecule has 2 aromatic heterocycles. The number of nitrogens with two attached hydrogens (primary N) is 1. The molecule has 2 heterocycles. The quantitative estimate of drug-likeness (QED) is 0.712. The first-order chi connectivity index (χ1) is 6.79. The van der Waals surface area contributed by atoms with Crippen LogP contribution in [0.5, 0.6) is 0 Å². The first kappa shape index (κ1) is 8.89. The second kappa shape index (κ2) is 3.59. The van der Waals surface area contributed by atoms with Crippen molar-refractivity contribution in [2.24, 2.45) is 12.8 Å². The summed E-state index contributed by atoms with van der Waals surface area (Å²) in [4.78, 5) is 4.02. The van der Waals surface area contributed by atoms with Crippen molar-refractivity contribution in [1.29, 1.82) is 0 Å². The molecule has 2 rings (SSSR count). The van der Waals surface area contributed by atoms with E-state index in [0.29, 0.717) is 13.1 Å². The van der Waals surface area contributed by atoms with Crippen molar-refractivity contribution in [2.45, 2.75) is 13.1 Å². The van der Waals surface area contributed by atoms with Gasteiger partial charge in [0.05, 0.1) is 18.6 Å². The Morgan fingerprint density at radius 2 is 2.36 bits per heavy atom. The number of rotatable bonds is 3. The molecule has 6 nitrogen and oxygen atoms in total. The van der Waals surface area contributed by atoms with E-state index in [1.807, 2.05) is 17.8 Å². The molecule has 0 radical (unpaired) electrons. The Balaban J connectivity index is 2.18. The summed E-state index contributed by atoms with van der Waals surface area (Å²) in [5.74, 6) is 0. The Hall–Kier alpha value is -1.69. The number of nitrogens with zero attached hydrogens (tertiary/aromatic N) is 5. The molecule has 0 amide bonds. The van der Waals surface area contributed by atoms with E-state index in [1.165, 1.54) is 0 Å². The standard InChI is InChI=1S/C8H12N6/c1-13-4-7(11-12-13)5-14-6-10-3-8(14)2-9/h3-4,6H,2,5,9H2,1H3. The van der Waals surface area contributed by atoms with Gasteiger partial charge in [-0.05, 0) is 0 Å².